The maximum Gasteiger partial charge on any atom is 0.303 e. The number of carbonyl (C=O) groups excluding carboxylic acids is 1. The Kier molecular flexibility index (Phi) is 9.70. The van der Waals surface area contributed by atoms with Gasteiger partial charge in [-0.1, -0.05) is 62.6 Å². The molecule has 132 valence electrons. The normalized spacial score (nSPS) is 20.7. The maximum atomic E-state index is 11.9. The second-order valence-corrected chi connectivity index (χ2v) is 6.03. The third-order valence-corrected chi connectivity index (χ3v) is 3.92. The number of hydrogen-bond acceptors (Lipinski definition) is 3. The molecule has 1 aliphatic carbocycles. The molecule has 0 heterocycles. The molecule has 2 unspecified atom stereocenters. The molecule has 2 N–H and O–H groups in total. The number of ketones is 1. The van der Waals surface area contributed by atoms with Gasteiger partial charge in [0, 0.05) is 17.9 Å². The van der Waals surface area contributed by atoms with Gasteiger partial charge in [0.05, 0.1) is 6.10 Å². The van der Waals surface area contributed by atoms with Crippen molar-refractivity contribution in [1.82, 2.24) is 0 Å². The number of carboxylic acid groups (broad SMARTS) is 1. The standard InChI is InChI=1S/C20H28O4/c1-2-3-6-9-17(21)14-12-16-13-15-19(22)18(16)10-7-4-5-8-11-20(23)24/h4,7,10,12-17,21H,2-3,5-6,8-9,11H2,1H3,(H,23,24)/b7-4+,14-12+,18-10-. The number of carboxylic acids is 1. The average Bonchev–Trinajstić information content (AvgIpc) is 2.89. The predicted octanol–water partition coefficient (Wildman–Crippen LogP) is 3.98. The highest BCUT2D eigenvalue weighted by Gasteiger charge is 2.20. The van der Waals surface area contributed by atoms with Gasteiger partial charge in [-0.25, -0.2) is 0 Å². The lowest BCUT2D eigenvalue weighted by Crippen LogP contribution is -2.04. The Hall–Kier alpha value is -1.94. The second kappa shape index (κ2) is 11.6. The number of allylic oxidation sites excluding steroid dienone is 7. The number of hydrogen-bond donors (Lipinski definition) is 2. The van der Waals surface area contributed by atoms with Gasteiger partial charge in [0.15, 0.2) is 5.78 Å². The Bertz CT molecular complexity index is 526. The zero-order chi connectivity index (χ0) is 17.8. The fourth-order valence-corrected chi connectivity index (χ4v) is 2.50. The van der Waals surface area contributed by atoms with Crippen molar-refractivity contribution >= 4 is 11.8 Å². The molecule has 0 fully saturated rings. The summed E-state index contributed by atoms with van der Waals surface area (Å²) in [6.45, 7) is 2.13. The van der Waals surface area contributed by atoms with Gasteiger partial charge in [-0.15, -0.1) is 0 Å². The van der Waals surface area contributed by atoms with Crippen molar-refractivity contribution in [3.8, 4) is 0 Å². The molecule has 0 aromatic rings. The van der Waals surface area contributed by atoms with Crippen LogP contribution in [0.25, 0.3) is 0 Å². The van der Waals surface area contributed by atoms with Crippen LogP contribution in [0.3, 0.4) is 0 Å². The van der Waals surface area contributed by atoms with E-state index in [-0.39, 0.29) is 18.1 Å². The summed E-state index contributed by atoms with van der Waals surface area (Å²) in [4.78, 5) is 22.3. The first-order chi connectivity index (χ1) is 11.5. The first-order valence-corrected chi connectivity index (χ1v) is 8.72. The molecule has 4 nitrogen and oxygen atoms in total. The van der Waals surface area contributed by atoms with Crippen molar-refractivity contribution in [2.45, 2.75) is 58.0 Å². The fraction of sp³-hybridized carbons (Fsp3) is 0.500. The van der Waals surface area contributed by atoms with E-state index in [1.165, 1.54) is 0 Å². The third-order valence-electron chi connectivity index (χ3n) is 3.92. The third kappa shape index (κ3) is 8.06. The van der Waals surface area contributed by atoms with Crippen molar-refractivity contribution in [2.75, 3.05) is 0 Å². The van der Waals surface area contributed by atoms with Gasteiger partial charge >= 0.3 is 5.97 Å². The van der Waals surface area contributed by atoms with Gasteiger partial charge in [-0.05, 0) is 25.3 Å². The van der Waals surface area contributed by atoms with Crippen LogP contribution in [0.5, 0.6) is 0 Å². The summed E-state index contributed by atoms with van der Waals surface area (Å²) in [6, 6.07) is 0. The number of aliphatic carboxylic acids is 1. The monoisotopic (exact) mass is 332 g/mol. The predicted molar refractivity (Wildman–Crippen MR) is 95.6 cm³/mol. The summed E-state index contributed by atoms with van der Waals surface area (Å²) in [5.74, 6) is -0.901. The maximum absolute atomic E-state index is 11.9. The summed E-state index contributed by atoms with van der Waals surface area (Å²) in [5, 5.41) is 18.5. The van der Waals surface area contributed by atoms with E-state index in [0.717, 1.165) is 25.7 Å². The van der Waals surface area contributed by atoms with Crippen molar-refractivity contribution in [1.29, 1.82) is 0 Å². The largest absolute Gasteiger partial charge is 0.481 e. The molecule has 0 bridgehead atoms. The van der Waals surface area contributed by atoms with Gasteiger partial charge in [0.2, 0.25) is 0 Å². The molecule has 0 saturated carbocycles. The first kappa shape index (κ1) is 20.1. The van der Waals surface area contributed by atoms with E-state index in [1.54, 1.807) is 24.3 Å². The molecule has 2 atom stereocenters. The zero-order valence-corrected chi connectivity index (χ0v) is 14.4. The van der Waals surface area contributed by atoms with Gasteiger partial charge in [-0.3, -0.25) is 9.59 Å². The van der Waals surface area contributed by atoms with Crippen LogP contribution >= 0.6 is 0 Å². The van der Waals surface area contributed by atoms with Crippen LogP contribution in [0.4, 0.5) is 0 Å². The Morgan fingerprint density at radius 3 is 2.83 bits per heavy atom. The zero-order valence-electron chi connectivity index (χ0n) is 14.4. The Morgan fingerprint density at radius 1 is 1.33 bits per heavy atom. The summed E-state index contributed by atoms with van der Waals surface area (Å²) >= 11 is 0. The van der Waals surface area contributed by atoms with Crippen LogP contribution in [0.1, 0.15) is 51.9 Å². The molecule has 24 heavy (non-hydrogen) atoms. The smallest absolute Gasteiger partial charge is 0.303 e. The van der Waals surface area contributed by atoms with Gasteiger partial charge in [-0.2, -0.15) is 0 Å². The SMILES string of the molecule is CCCCCC(O)/C=C/C1C=CC(=O)/C1=C\C=C\CCCC(=O)O. The van der Waals surface area contributed by atoms with Crippen LogP contribution in [0, 0.1) is 5.92 Å². The molecule has 0 saturated heterocycles. The van der Waals surface area contributed by atoms with Gasteiger partial charge in [0.1, 0.15) is 0 Å². The molecule has 1 aliphatic rings. The molecule has 0 amide bonds. The second-order valence-electron chi connectivity index (χ2n) is 6.03. The van der Waals surface area contributed by atoms with Crippen LogP contribution in [0.15, 0.2) is 48.1 Å². The number of carbonyl (C=O) groups is 2. The molecule has 0 aromatic heterocycles. The minimum Gasteiger partial charge on any atom is -0.481 e. The quantitative estimate of drug-likeness (QED) is 0.341. The summed E-state index contributed by atoms with van der Waals surface area (Å²) in [7, 11) is 0. The average molecular weight is 332 g/mol. The van der Waals surface area contributed by atoms with Crippen LogP contribution < -0.4 is 0 Å². The van der Waals surface area contributed by atoms with E-state index in [1.807, 2.05) is 18.2 Å². The lowest BCUT2D eigenvalue weighted by Gasteiger charge is -2.07. The van der Waals surface area contributed by atoms with E-state index in [0.29, 0.717) is 18.4 Å². The Morgan fingerprint density at radius 2 is 2.12 bits per heavy atom. The van der Waals surface area contributed by atoms with E-state index in [2.05, 4.69) is 6.92 Å². The minimum atomic E-state index is -0.792. The fourth-order valence-electron chi connectivity index (χ4n) is 2.50. The summed E-state index contributed by atoms with van der Waals surface area (Å²) in [5.41, 5.74) is 0.682. The van der Waals surface area contributed by atoms with E-state index >= 15 is 0 Å². The van der Waals surface area contributed by atoms with E-state index in [4.69, 9.17) is 5.11 Å². The number of rotatable bonds is 11. The van der Waals surface area contributed by atoms with E-state index < -0.39 is 12.1 Å². The van der Waals surface area contributed by atoms with Crippen molar-refractivity contribution in [2.24, 2.45) is 5.92 Å². The molecular weight excluding hydrogens is 304 g/mol. The first-order valence-electron chi connectivity index (χ1n) is 8.72. The molecule has 0 aromatic carbocycles. The number of aliphatic hydroxyl groups excluding tert-OH is 1. The van der Waals surface area contributed by atoms with Crippen LogP contribution in [-0.4, -0.2) is 28.1 Å². The topological polar surface area (TPSA) is 74.6 Å². The molecular formula is C20H28O4. The van der Waals surface area contributed by atoms with Crippen molar-refractivity contribution < 1.29 is 19.8 Å². The van der Waals surface area contributed by atoms with Crippen LogP contribution in [-0.2, 0) is 9.59 Å². The lowest BCUT2D eigenvalue weighted by molar-refractivity contribution is -0.137. The number of aliphatic hydroxyl groups is 1. The molecule has 1 rings (SSSR count). The lowest BCUT2D eigenvalue weighted by atomic mass is 9.99. The molecule has 0 spiro atoms. The Balaban J connectivity index is 2.49. The van der Waals surface area contributed by atoms with Crippen LogP contribution in [0.2, 0.25) is 0 Å². The van der Waals surface area contributed by atoms with Gasteiger partial charge < -0.3 is 10.2 Å². The molecule has 0 aliphatic heterocycles. The highest BCUT2D eigenvalue weighted by atomic mass is 16.4. The van der Waals surface area contributed by atoms with E-state index in [9.17, 15) is 14.7 Å². The molecule has 0 radical (unpaired) electrons. The van der Waals surface area contributed by atoms with Crippen molar-refractivity contribution in [3.63, 3.8) is 0 Å². The summed E-state index contributed by atoms with van der Waals surface area (Å²) in [6.07, 6.45) is 17.5. The highest BCUT2D eigenvalue weighted by molar-refractivity contribution is 6.07. The number of unbranched alkanes of at least 4 members (excludes halogenated alkanes) is 3. The Labute approximate surface area is 144 Å². The van der Waals surface area contributed by atoms with Crippen molar-refractivity contribution in [3.05, 3.63) is 48.1 Å². The highest BCUT2D eigenvalue weighted by Crippen LogP contribution is 2.23. The summed E-state index contributed by atoms with van der Waals surface area (Å²) < 4.78 is 0. The van der Waals surface area contributed by atoms with Gasteiger partial charge in [0.25, 0.3) is 0 Å². The minimum absolute atomic E-state index is 0.0136. The molecule has 4 heteroatoms.